The molecule has 0 aromatic heterocycles. The second kappa shape index (κ2) is 36.1. The summed E-state index contributed by atoms with van der Waals surface area (Å²) in [7, 11) is -7.26. The number of hydrogen-bond acceptors (Lipinski definition) is 6. The minimum atomic E-state index is -3.63. The molecular weight excluding hydrogens is 343 g/mol. The third kappa shape index (κ3) is 223. The Balaban J connectivity index is -0.00000000800. The van der Waals surface area contributed by atoms with Gasteiger partial charge in [-0.1, -0.05) is 0 Å². The summed E-state index contributed by atoms with van der Waals surface area (Å²) in [5.41, 5.74) is 0. The summed E-state index contributed by atoms with van der Waals surface area (Å²) in [5, 5.41) is 0. The van der Waals surface area contributed by atoms with Gasteiger partial charge >= 0.3 is 113 Å². The Hall–Kier alpha value is 3.59. The Bertz CT molecular complexity index is 81.9. The van der Waals surface area contributed by atoms with Crippen molar-refractivity contribution in [3.8, 4) is 0 Å². The van der Waals surface area contributed by atoms with Gasteiger partial charge in [0.25, 0.3) is 0 Å². The van der Waals surface area contributed by atoms with Crippen LogP contribution in [0.5, 0.6) is 0 Å². The molecule has 13 heteroatoms. The van der Waals surface area contributed by atoms with E-state index in [-0.39, 0.29) is 138 Å². The maximum Gasteiger partial charge on any atom is 2.00 e. The number of halogens is 2. The van der Waals surface area contributed by atoms with Crippen LogP contribution in [-0.2, 0) is 8.92 Å². The van der Waals surface area contributed by atoms with Crippen LogP contribution in [0.4, 0.5) is 0 Å². The minimum absolute atomic E-state index is 0. The summed E-state index contributed by atoms with van der Waals surface area (Å²) < 4.78 is 17.0. The summed E-state index contributed by atoms with van der Waals surface area (Å²) in [5.74, 6) is 0. The molecular formula is Ca3Cl2O6Si2. The van der Waals surface area contributed by atoms with Gasteiger partial charge in [-0.05, 0) is 0 Å². The van der Waals surface area contributed by atoms with E-state index in [1.807, 2.05) is 0 Å². The molecule has 0 spiro atoms. The average Bonchev–Trinajstić information content (AvgIpc) is 1.25. The van der Waals surface area contributed by atoms with E-state index in [9.17, 15) is 0 Å². The molecule has 0 aliphatic carbocycles. The van der Waals surface area contributed by atoms with Crippen LogP contribution in [0.15, 0.2) is 0 Å². The molecule has 0 aromatic rings. The smallest absolute Gasteiger partial charge is 1.00 e. The van der Waals surface area contributed by atoms with Crippen LogP contribution in [0, 0.1) is 0 Å². The first-order valence-corrected chi connectivity index (χ1v) is 3.67. The van der Waals surface area contributed by atoms with E-state index >= 15 is 0 Å². The maximum absolute atomic E-state index is 8.52. The van der Waals surface area contributed by atoms with Crippen LogP contribution >= 0.6 is 0 Å². The number of hydrogen-bond donors (Lipinski definition) is 0. The third-order valence-electron chi connectivity index (χ3n) is 0. The molecule has 0 fully saturated rings. The van der Waals surface area contributed by atoms with Gasteiger partial charge in [0.1, 0.15) is 0 Å². The molecule has 13 heavy (non-hydrogen) atoms. The van der Waals surface area contributed by atoms with Gasteiger partial charge in [0, 0.05) is 18.3 Å². The zero-order valence-corrected chi connectivity index (χ0v) is 16.5. The minimum Gasteiger partial charge on any atom is -1.00 e. The molecule has 0 amide bonds. The summed E-state index contributed by atoms with van der Waals surface area (Å²) in [6.45, 7) is 0. The van der Waals surface area contributed by atoms with E-state index in [2.05, 4.69) is 0 Å². The van der Waals surface area contributed by atoms with E-state index < -0.39 is 18.3 Å². The van der Waals surface area contributed by atoms with Crippen molar-refractivity contribution in [3.63, 3.8) is 0 Å². The molecule has 0 N–H and O–H groups in total. The van der Waals surface area contributed by atoms with Gasteiger partial charge in [-0.2, -0.15) is 0 Å². The normalized spacial score (nSPS) is 3.69. The molecule has 0 atom stereocenters. The predicted molar refractivity (Wildman–Crippen MR) is 30.1 cm³/mol. The van der Waals surface area contributed by atoms with Crippen molar-refractivity contribution in [1.82, 2.24) is 0 Å². The summed E-state index contributed by atoms with van der Waals surface area (Å²) in [4.78, 5) is 34.1. The maximum atomic E-state index is 8.52. The molecule has 0 saturated heterocycles. The fourth-order valence-electron chi connectivity index (χ4n) is 0. The fourth-order valence-corrected chi connectivity index (χ4v) is 0. The Kier molecular flexibility index (Phi) is 122. The molecule has 6 nitrogen and oxygen atoms in total. The van der Waals surface area contributed by atoms with Crippen molar-refractivity contribution < 1.29 is 52.9 Å². The van der Waals surface area contributed by atoms with E-state index in [0.29, 0.717) is 0 Å². The Morgan fingerprint density at radius 2 is 0.615 bits per heavy atom. The SMILES string of the molecule is O=[Si]([O-])[O-].O=[Si]([O-])[O-].[Ca+2].[Ca+2].[Ca+2].[Cl-].[Cl-]. The van der Waals surface area contributed by atoms with E-state index in [0.717, 1.165) is 0 Å². The molecule has 0 unspecified atom stereocenters. The summed E-state index contributed by atoms with van der Waals surface area (Å²) in [6.07, 6.45) is 0. The quantitative estimate of drug-likeness (QED) is 0.402. The largest absolute Gasteiger partial charge is 2.00 e. The molecule has 0 bridgehead atoms. The molecule has 0 rings (SSSR count). The van der Waals surface area contributed by atoms with Gasteiger partial charge in [0.15, 0.2) is 0 Å². The van der Waals surface area contributed by atoms with Crippen LogP contribution in [0.25, 0.3) is 0 Å². The zero-order valence-electron chi connectivity index (χ0n) is 6.33. The van der Waals surface area contributed by atoms with Crippen LogP contribution < -0.4 is 44.0 Å². The first-order chi connectivity index (χ1) is 3.46. The van der Waals surface area contributed by atoms with Crippen molar-refractivity contribution in [2.24, 2.45) is 0 Å². The number of rotatable bonds is 0. The third-order valence-corrected chi connectivity index (χ3v) is 0. The summed E-state index contributed by atoms with van der Waals surface area (Å²) >= 11 is 0. The molecule has 0 saturated carbocycles. The van der Waals surface area contributed by atoms with E-state index in [4.69, 9.17) is 28.1 Å². The van der Waals surface area contributed by atoms with Gasteiger partial charge < -0.3 is 52.9 Å². The molecule has 0 aliphatic rings. The van der Waals surface area contributed by atoms with Crippen molar-refractivity contribution in [3.05, 3.63) is 0 Å². The van der Waals surface area contributed by atoms with Crippen LogP contribution in [0.1, 0.15) is 0 Å². The first kappa shape index (κ1) is 43.8. The van der Waals surface area contributed by atoms with Crippen molar-refractivity contribution >= 4 is 132 Å². The zero-order chi connectivity index (χ0) is 7.15. The second-order valence-electron chi connectivity index (χ2n) is 0.500. The van der Waals surface area contributed by atoms with Crippen LogP contribution in [-0.4, -0.2) is 132 Å². The van der Waals surface area contributed by atoms with E-state index in [1.165, 1.54) is 0 Å². The van der Waals surface area contributed by atoms with Crippen LogP contribution in [0.2, 0.25) is 0 Å². The monoisotopic (exact) mass is 342 g/mol. The second-order valence-corrected chi connectivity index (χ2v) is 1.50. The van der Waals surface area contributed by atoms with Crippen molar-refractivity contribution in [2.45, 2.75) is 0 Å². The van der Waals surface area contributed by atoms with Gasteiger partial charge in [0.2, 0.25) is 0 Å². The standard InChI is InChI=1S/3Ca.2ClH.2O3Si/c;;;;;2*1-4(2)3/h;;;2*1H;;/q3*+2;;;2*-2/p-2. The van der Waals surface area contributed by atoms with Gasteiger partial charge in [0.05, 0.1) is 0 Å². The molecule has 0 radical (unpaired) electrons. The molecule has 0 aromatic carbocycles. The Morgan fingerprint density at radius 3 is 0.615 bits per heavy atom. The first-order valence-electron chi connectivity index (χ1n) is 1.22. The Morgan fingerprint density at radius 1 is 0.615 bits per heavy atom. The molecule has 64 valence electrons. The summed E-state index contributed by atoms with van der Waals surface area (Å²) in [6, 6.07) is 0. The molecule has 0 heterocycles. The van der Waals surface area contributed by atoms with Crippen molar-refractivity contribution in [1.29, 1.82) is 0 Å². The average molecular weight is 343 g/mol. The van der Waals surface area contributed by atoms with Gasteiger partial charge in [-0.25, -0.2) is 0 Å². The van der Waals surface area contributed by atoms with E-state index in [1.54, 1.807) is 0 Å². The molecule has 0 aliphatic heterocycles. The van der Waals surface area contributed by atoms with Gasteiger partial charge in [-0.15, -0.1) is 0 Å². The van der Waals surface area contributed by atoms with Gasteiger partial charge in [-0.3, -0.25) is 0 Å². The fraction of sp³-hybridized carbons (Fsp3) is 0. The predicted octanol–water partition coefficient (Wildman–Crippen LogP) is -12.9. The van der Waals surface area contributed by atoms with Crippen LogP contribution in [0.3, 0.4) is 0 Å². The van der Waals surface area contributed by atoms with Crippen molar-refractivity contribution in [2.75, 3.05) is 0 Å². The Labute approximate surface area is 180 Å². The topological polar surface area (TPSA) is 126 Å².